The molecule has 0 saturated heterocycles. The maximum Gasteiger partial charge on any atom is 0.146 e. The average Bonchev–Trinajstić information content (AvgIpc) is 2.90. The van der Waals surface area contributed by atoms with Crippen LogP contribution in [0, 0.1) is 23.6 Å². The number of aryl methyl sites for hydroxylation is 1. The first-order valence-corrected chi connectivity index (χ1v) is 13.6. The molecule has 182 valence electrons. The summed E-state index contributed by atoms with van der Waals surface area (Å²) in [6, 6.07) is 18.5. The van der Waals surface area contributed by atoms with E-state index in [0.717, 1.165) is 29.7 Å². The van der Waals surface area contributed by atoms with Crippen LogP contribution in [0.1, 0.15) is 99.8 Å². The van der Waals surface area contributed by atoms with Gasteiger partial charge in [0, 0.05) is 10.9 Å². The SMILES string of the molecule is C/C=C/CCc1ccc(C#Cc2ccc3cc(C4CCC(CCCCC)CC4)ccc3c2F)cc1. The molecule has 1 saturated carbocycles. The second-order valence-corrected chi connectivity index (χ2v) is 10.2. The molecule has 4 rings (SSSR count). The molecular formula is C34H39F. The molecule has 35 heavy (non-hydrogen) atoms. The van der Waals surface area contributed by atoms with Crippen LogP contribution in [0.3, 0.4) is 0 Å². The van der Waals surface area contributed by atoms with Gasteiger partial charge < -0.3 is 0 Å². The van der Waals surface area contributed by atoms with E-state index in [-0.39, 0.29) is 5.82 Å². The third kappa shape index (κ3) is 6.85. The summed E-state index contributed by atoms with van der Waals surface area (Å²) >= 11 is 0. The van der Waals surface area contributed by atoms with Crippen molar-refractivity contribution < 1.29 is 4.39 Å². The van der Waals surface area contributed by atoms with E-state index < -0.39 is 0 Å². The van der Waals surface area contributed by atoms with Gasteiger partial charge in [0.05, 0.1) is 5.56 Å². The van der Waals surface area contributed by atoms with Crippen molar-refractivity contribution in [1.82, 2.24) is 0 Å². The van der Waals surface area contributed by atoms with Gasteiger partial charge in [0.25, 0.3) is 0 Å². The smallest absolute Gasteiger partial charge is 0.146 e. The van der Waals surface area contributed by atoms with Crippen molar-refractivity contribution in [3.8, 4) is 11.8 Å². The summed E-state index contributed by atoms with van der Waals surface area (Å²) in [5.41, 5.74) is 4.05. The quantitative estimate of drug-likeness (QED) is 0.176. The summed E-state index contributed by atoms with van der Waals surface area (Å²) in [6.07, 6.45) is 17.0. The summed E-state index contributed by atoms with van der Waals surface area (Å²) < 4.78 is 15.3. The highest BCUT2D eigenvalue weighted by Gasteiger charge is 2.22. The molecule has 1 fully saturated rings. The van der Waals surface area contributed by atoms with Crippen LogP contribution >= 0.6 is 0 Å². The summed E-state index contributed by atoms with van der Waals surface area (Å²) in [7, 11) is 0. The highest BCUT2D eigenvalue weighted by molar-refractivity contribution is 5.85. The van der Waals surface area contributed by atoms with E-state index in [0.29, 0.717) is 16.9 Å². The van der Waals surface area contributed by atoms with Crippen LogP contribution in [0.4, 0.5) is 4.39 Å². The lowest BCUT2D eigenvalue weighted by Crippen LogP contribution is -2.13. The van der Waals surface area contributed by atoms with E-state index in [1.165, 1.54) is 62.5 Å². The molecule has 0 atom stereocenters. The molecule has 0 unspecified atom stereocenters. The van der Waals surface area contributed by atoms with Gasteiger partial charge in [0.1, 0.15) is 5.82 Å². The van der Waals surface area contributed by atoms with Gasteiger partial charge in [-0.25, -0.2) is 4.39 Å². The Kier molecular flexibility index (Phi) is 9.19. The monoisotopic (exact) mass is 466 g/mol. The predicted molar refractivity (Wildman–Crippen MR) is 148 cm³/mol. The van der Waals surface area contributed by atoms with Crippen molar-refractivity contribution in [2.24, 2.45) is 5.92 Å². The fourth-order valence-electron chi connectivity index (χ4n) is 5.44. The number of allylic oxidation sites excluding steroid dienone is 2. The first-order valence-electron chi connectivity index (χ1n) is 13.6. The normalized spacial score (nSPS) is 18.0. The molecule has 0 amide bonds. The van der Waals surface area contributed by atoms with Crippen molar-refractivity contribution in [3.63, 3.8) is 0 Å². The summed E-state index contributed by atoms with van der Waals surface area (Å²) in [4.78, 5) is 0. The maximum atomic E-state index is 15.3. The topological polar surface area (TPSA) is 0 Å². The van der Waals surface area contributed by atoms with Crippen molar-refractivity contribution in [2.75, 3.05) is 0 Å². The fourth-order valence-corrected chi connectivity index (χ4v) is 5.44. The summed E-state index contributed by atoms with van der Waals surface area (Å²) in [6.45, 7) is 4.32. The zero-order valence-corrected chi connectivity index (χ0v) is 21.5. The number of hydrogen-bond acceptors (Lipinski definition) is 0. The van der Waals surface area contributed by atoms with E-state index in [4.69, 9.17) is 0 Å². The Morgan fingerprint density at radius 3 is 2.46 bits per heavy atom. The van der Waals surface area contributed by atoms with Crippen LogP contribution in [0.5, 0.6) is 0 Å². The highest BCUT2D eigenvalue weighted by Crippen LogP contribution is 2.38. The van der Waals surface area contributed by atoms with Crippen molar-refractivity contribution in [2.45, 2.75) is 84.0 Å². The van der Waals surface area contributed by atoms with Crippen molar-refractivity contribution >= 4 is 10.8 Å². The van der Waals surface area contributed by atoms with Gasteiger partial charge in [-0.05, 0) is 92.0 Å². The Balaban J connectivity index is 1.42. The minimum atomic E-state index is -0.204. The molecule has 0 spiro atoms. The number of hydrogen-bond donors (Lipinski definition) is 0. The van der Waals surface area contributed by atoms with Crippen LogP contribution in [0.15, 0.2) is 66.7 Å². The van der Waals surface area contributed by atoms with Gasteiger partial charge in [-0.3, -0.25) is 0 Å². The Bertz CT molecular complexity index is 1180. The van der Waals surface area contributed by atoms with E-state index in [1.54, 1.807) is 0 Å². The van der Waals surface area contributed by atoms with Gasteiger partial charge in [-0.1, -0.05) is 93.0 Å². The van der Waals surface area contributed by atoms with Gasteiger partial charge in [-0.2, -0.15) is 0 Å². The van der Waals surface area contributed by atoms with Gasteiger partial charge in [0.2, 0.25) is 0 Å². The zero-order chi connectivity index (χ0) is 24.5. The van der Waals surface area contributed by atoms with Crippen LogP contribution < -0.4 is 0 Å². The minimum Gasteiger partial charge on any atom is -0.205 e. The van der Waals surface area contributed by atoms with Gasteiger partial charge >= 0.3 is 0 Å². The largest absolute Gasteiger partial charge is 0.205 e. The lowest BCUT2D eigenvalue weighted by atomic mass is 9.77. The Labute approximate surface area is 211 Å². The Hall–Kier alpha value is -2.85. The summed E-state index contributed by atoms with van der Waals surface area (Å²) in [5.74, 6) is 7.52. The molecule has 0 bridgehead atoms. The third-order valence-corrected chi connectivity index (χ3v) is 7.64. The third-order valence-electron chi connectivity index (χ3n) is 7.64. The molecule has 0 radical (unpaired) electrons. The van der Waals surface area contributed by atoms with Gasteiger partial charge in [0.15, 0.2) is 0 Å². The molecule has 1 heteroatoms. The maximum absolute atomic E-state index is 15.3. The van der Waals surface area contributed by atoms with Crippen LogP contribution in [-0.2, 0) is 6.42 Å². The molecule has 0 aromatic heterocycles. The van der Waals surface area contributed by atoms with Gasteiger partial charge in [-0.15, -0.1) is 0 Å². The Morgan fingerprint density at radius 2 is 1.71 bits per heavy atom. The van der Waals surface area contributed by atoms with Crippen molar-refractivity contribution in [3.05, 3.63) is 94.8 Å². The molecule has 1 aliphatic carbocycles. The highest BCUT2D eigenvalue weighted by atomic mass is 19.1. The van der Waals surface area contributed by atoms with Crippen LogP contribution in [0.25, 0.3) is 10.8 Å². The Morgan fingerprint density at radius 1 is 0.914 bits per heavy atom. The number of fused-ring (bicyclic) bond motifs is 1. The predicted octanol–water partition coefficient (Wildman–Crippen LogP) is 9.74. The minimum absolute atomic E-state index is 0.204. The number of rotatable bonds is 8. The molecule has 3 aromatic rings. The van der Waals surface area contributed by atoms with Crippen LogP contribution in [0.2, 0.25) is 0 Å². The zero-order valence-electron chi connectivity index (χ0n) is 21.5. The standard InChI is InChI=1S/C34H39F/c1-3-5-7-9-26-11-13-28(14-12-26)17-20-30-21-22-32-25-31(23-24-33(32)34(30)35)29-18-15-27(16-19-29)10-8-6-4-2/h3,5,11-14,21-25,27,29H,4,6-10,15-16,18-19H2,1-2H3/b5-3+. The molecule has 3 aromatic carbocycles. The van der Waals surface area contributed by atoms with E-state index in [9.17, 15) is 0 Å². The average molecular weight is 467 g/mol. The lowest BCUT2D eigenvalue weighted by Gasteiger charge is -2.29. The number of halogens is 1. The molecule has 0 heterocycles. The number of unbranched alkanes of at least 4 members (excludes halogenated alkanes) is 2. The van der Waals surface area contributed by atoms with E-state index >= 15 is 4.39 Å². The lowest BCUT2D eigenvalue weighted by molar-refractivity contribution is 0.303. The van der Waals surface area contributed by atoms with E-state index in [1.807, 2.05) is 37.3 Å². The first kappa shape index (κ1) is 25.2. The fraction of sp³-hybridized carbons (Fsp3) is 0.412. The number of benzene rings is 3. The van der Waals surface area contributed by atoms with E-state index in [2.05, 4.69) is 55.2 Å². The second kappa shape index (κ2) is 12.7. The first-order chi connectivity index (χ1) is 17.2. The molecular weight excluding hydrogens is 427 g/mol. The summed E-state index contributed by atoms with van der Waals surface area (Å²) in [5, 5.41) is 1.66. The molecule has 1 aliphatic rings. The molecule has 0 nitrogen and oxygen atoms in total. The van der Waals surface area contributed by atoms with Crippen LogP contribution in [-0.4, -0.2) is 0 Å². The van der Waals surface area contributed by atoms with Crippen molar-refractivity contribution in [1.29, 1.82) is 0 Å². The molecule has 0 N–H and O–H groups in total. The second-order valence-electron chi connectivity index (χ2n) is 10.2. The molecule has 0 aliphatic heterocycles.